The second kappa shape index (κ2) is 54.5. The van der Waals surface area contributed by atoms with Crippen molar-refractivity contribution in [3.63, 3.8) is 0 Å². The number of carboxylic acid groups (broad SMARTS) is 1. The lowest BCUT2D eigenvalue weighted by Gasteiger charge is -2.52. The van der Waals surface area contributed by atoms with Crippen molar-refractivity contribution >= 4 is 23.7 Å². The van der Waals surface area contributed by atoms with E-state index in [1.165, 1.54) is 122 Å². The van der Waals surface area contributed by atoms with Crippen LogP contribution in [0.5, 0.6) is 0 Å². The smallest absolute Gasteiger partial charge is 0.364 e. The van der Waals surface area contributed by atoms with Crippen molar-refractivity contribution in [3.05, 3.63) is 24.3 Å². The van der Waals surface area contributed by atoms with Gasteiger partial charge in [0.05, 0.1) is 63.9 Å². The summed E-state index contributed by atoms with van der Waals surface area (Å²) in [5.41, 5.74) is 0. The van der Waals surface area contributed by atoms with Crippen molar-refractivity contribution in [2.24, 2.45) is 0 Å². The Morgan fingerprint density at radius 3 is 1.39 bits per heavy atom. The van der Waals surface area contributed by atoms with Crippen LogP contribution in [-0.2, 0) is 66.5 Å². The molecule has 0 aromatic heterocycles. The molecule has 5 saturated heterocycles. The summed E-state index contributed by atoms with van der Waals surface area (Å²) in [7, 11) is 0. The Morgan fingerprint density at radius 2 is 0.885 bits per heavy atom. The molecule has 0 spiro atoms. The number of unbranched alkanes of at least 4 members (excludes halogenated alkanes) is 28. The van der Waals surface area contributed by atoms with Gasteiger partial charge in [0, 0.05) is 26.7 Å². The first-order valence-corrected chi connectivity index (χ1v) is 41.7. The van der Waals surface area contributed by atoms with Crippen LogP contribution in [0.4, 0.5) is 0 Å². The first-order chi connectivity index (χ1) is 54.3. The zero-order valence-corrected chi connectivity index (χ0v) is 66.8. The van der Waals surface area contributed by atoms with Gasteiger partial charge < -0.3 is 150 Å². The maximum absolute atomic E-state index is 13.8. The highest BCUT2D eigenvalue weighted by molar-refractivity contribution is 5.77. The number of rotatable bonds is 57. The van der Waals surface area contributed by atoms with E-state index in [4.69, 9.17) is 47.4 Å². The number of amides is 3. The average Bonchev–Trinajstić information content (AvgIpc) is 0.767. The average molecular weight is 1630 g/mol. The summed E-state index contributed by atoms with van der Waals surface area (Å²) in [6.45, 7) is 0.334. The molecule has 3 amide bonds. The van der Waals surface area contributed by atoms with Crippen molar-refractivity contribution in [2.75, 3.05) is 39.6 Å². The quantitative estimate of drug-likeness (QED) is 0.0299. The molecule has 28 atom stereocenters. The molecular weight excluding hydrogens is 1490 g/mol. The number of allylic oxidation sites excluding steroid dienone is 3. The Balaban J connectivity index is 1.34. The number of carbonyl (C=O) groups is 4. The van der Waals surface area contributed by atoms with Gasteiger partial charge in [-0.1, -0.05) is 192 Å². The van der Waals surface area contributed by atoms with Crippen LogP contribution in [0.1, 0.15) is 240 Å². The van der Waals surface area contributed by atoms with E-state index in [1.807, 2.05) is 6.08 Å². The van der Waals surface area contributed by atoms with E-state index < -0.39 is 235 Å². The van der Waals surface area contributed by atoms with E-state index in [1.54, 1.807) is 6.08 Å². The molecular formula is C79H141N3O31. The molecule has 0 aromatic carbocycles. The number of nitrogens with one attached hydrogen (secondary N) is 3. The highest BCUT2D eigenvalue weighted by Crippen LogP contribution is 2.41. The molecule has 20 N–H and O–H groups in total. The minimum atomic E-state index is -3.38. The molecule has 0 saturated carbocycles. The molecule has 0 aliphatic carbocycles. The van der Waals surface area contributed by atoms with E-state index in [9.17, 15) is 106 Å². The van der Waals surface area contributed by atoms with Gasteiger partial charge in [-0.2, -0.15) is 0 Å². The van der Waals surface area contributed by atoms with Gasteiger partial charge in [0.25, 0.3) is 5.79 Å². The van der Waals surface area contributed by atoms with Crippen LogP contribution < -0.4 is 16.0 Å². The van der Waals surface area contributed by atoms with Crippen molar-refractivity contribution in [3.8, 4) is 0 Å². The molecule has 5 aliphatic rings. The number of aliphatic carboxylic acids is 1. The number of aliphatic hydroxyl groups excluding tert-OH is 16. The van der Waals surface area contributed by atoms with E-state index in [0.717, 1.165) is 78.1 Å². The molecule has 658 valence electrons. The molecule has 34 heteroatoms. The van der Waals surface area contributed by atoms with Crippen molar-refractivity contribution in [1.29, 1.82) is 0 Å². The second-order valence-electron chi connectivity index (χ2n) is 31.0. The topological polar surface area (TPSA) is 541 Å². The van der Waals surface area contributed by atoms with Crippen LogP contribution in [0.2, 0.25) is 0 Å². The van der Waals surface area contributed by atoms with Gasteiger partial charge in [0.15, 0.2) is 25.2 Å². The molecule has 10 unspecified atom stereocenters. The summed E-state index contributed by atoms with van der Waals surface area (Å²) < 4.78 is 60.2. The fourth-order valence-corrected chi connectivity index (χ4v) is 15.1. The first-order valence-electron chi connectivity index (χ1n) is 41.7. The largest absolute Gasteiger partial charge is 0.477 e. The summed E-state index contributed by atoms with van der Waals surface area (Å²) in [4.78, 5) is 53.1. The van der Waals surface area contributed by atoms with Crippen LogP contribution in [0.25, 0.3) is 0 Å². The second-order valence-corrected chi connectivity index (χ2v) is 31.0. The Kier molecular flexibility index (Phi) is 48.2. The molecule has 5 heterocycles. The predicted molar refractivity (Wildman–Crippen MR) is 406 cm³/mol. The Hall–Kier alpha value is -3.68. The SMILES string of the molecule is CCCCCCCC/C=C\CCCCCCCCCCCCCC(=O)N[C@@H](CO[C@@H]1OC(CO)[C@@H](O[C@@H]2OC(CO)[C@H](O[C@@H]3OC(CO)[C@H](O)[C@H](O[C@@H]4OC(CO)[C@H](O)[C@H](O)C4O)C3NC(C)=O)[C@H](O[C@]3(C(=O)O)CC(O)[C@@H](NC(C)=O)C([C@H](O)[C@H](O)CO)O3)C2O)[C@H](O)C1O)[C@H](O)/C=C/CCCCCCCCCCCCC. The van der Waals surface area contributed by atoms with Gasteiger partial charge in [0.1, 0.15) is 116 Å². The lowest BCUT2D eigenvalue weighted by molar-refractivity contribution is -0.403. The Bertz CT molecular complexity index is 2660. The zero-order valence-electron chi connectivity index (χ0n) is 66.8. The third-order valence-corrected chi connectivity index (χ3v) is 21.7. The van der Waals surface area contributed by atoms with E-state index in [0.29, 0.717) is 12.8 Å². The highest BCUT2D eigenvalue weighted by atomic mass is 16.8. The lowest BCUT2D eigenvalue weighted by atomic mass is 9.88. The Labute approximate surface area is 665 Å². The van der Waals surface area contributed by atoms with Gasteiger partial charge in [0.2, 0.25) is 17.7 Å². The predicted octanol–water partition coefficient (Wildman–Crippen LogP) is 1.07. The molecule has 0 radical (unpaired) electrons. The van der Waals surface area contributed by atoms with Crippen LogP contribution in [0.15, 0.2) is 24.3 Å². The fourth-order valence-electron chi connectivity index (χ4n) is 15.1. The van der Waals surface area contributed by atoms with Crippen LogP contribution in [0.3, 0.4) is 0 Å². The van der Waals surface area contributed by atoms with Gasteiger partial charge in [-0.3, -0.25) is 14.4 Å². The number of aliphatic hydroxyl groups is 16. The lowest BCUT2D eigenvalue weighted by Crippen LogP contribution is -2.72. The normalized spacial score (nSPS) is 33.5. The van der Waals surface area contributed by atoms with Gasteiger partial charge in [-0.05, 0) is 44.9 Å². The van der Waals surface area contributed by atoms with Crippen molar-refractivity contribution in [2.45, 2.75) is 411 Å². The first kappa shape index (κ1) is 99.9. The fraction of sp³-hybridized carbons (Fsp3) is 0.899. The summed E-state index contributed by atoms with van der Waals surface area (Å²) in [6, 6.07) is -4.81. The molecule has 5 aliphatic heterocycles. The minimum absolute atomic E-state index is 0.131. The number of hydrogen-bond donors (Lipinski definition) is 20. The Morgan fingerprint density at radius 1 is 0.460 bits per heavy atom. The molecule has 0 bridgehead atoms. The summed E-state index contributed by atoms with van der Waals surface area (Å²) in [5.74, 6) is -7.71. The van der Waals surface area contributed by atoms with Crippen molar-refractivity contribution < 1.29 is 153 Å². The monoisotopic (exact) mass is 1630 g/mol. The van der Waals surface area contributed by atoms with E-state index in [2.05, 4.69) is 41.9 Å². The third kappa shape index (κ3) is 32.4. The van der Waals surface area contributed by atoms with Gasteiger partial charge >= 0.3 is 5.97 Å². The third-order valence-electron chi connectivity index (χ3n) is 21.7. The van der Waals surface area contributed by atoms with Crippen LogP contribution in [0, 0.1) is 0 Å². The summed E-state index contributed by atoms with van der Waals surface area (Å²) in [5, 5.41) is 197. The van der Waals surface area contributed by atoms with Crippen LogP contribution in [-0.4, -0.2) is 321 Å². The molecule has 113 heavy (non-hydrogen) atoms. The van der Waals surface area contributed by atoms with Crippen molar-refractivity contribution in [1.82, 2.24) is 16.0 Å². The van der Waals surface area contributed by atoms with E-state index in [-0.39, 0.29) is 12.3 Å². The van der Waals surface area contributed by atoms with E-state index >= 15 is 0 Å². The minimum Gasteiger partial charge on any atom is -0.477 e. The van der Waals surface area contributed by atoms with Crippen LogP contribution >= 0.6 is 0 Å². The van der Waals surface area contributed by atoms with Gasteiger partial charge in [-0.15, -0.1) is 0 Å². The standard InChI is InChI=1S/C79H141N3O31/c1-5-7-9-11-13-15-17-19-20-21-22-23-24-25-26-28-30-32-34-36-38-40-58(93)82-50(51(90)39-37-35-33-31-29-27-18-16-14-12-10-8-6-2)47-104-75-67(100)65(98)69(56(45-86)107-75)109-77-68(101)73(113-79(78(102)103)41-52(91)59(80-48(3)88)72(112-79)61(94)53(92)42-83)70(57(46-87)108-77)110-74-60(81-49(4)89)71(63(96)55(44-85)105-74)111-76-66(99)64(97)62(95)54(43-84)106-76/h19-20,37,39,50-57,59-77,83-87,90-92,94-101H,5-18,21-36,38,40-47H2,1-4H3,(H,80,88)(H,81,89)(H,82,93)(H,102,103)/b20-19-,39-37+/t50-,51+,52?,53+,54?,55?,56?,57?,59+,60?,61+,62-,63-,64-,65+,66?,67?,68?,69+,70-,71+,72?,73+,74-,75+,76-,77-,79-/m0/s1. The molecule has 5 fully saturated rings. The maximum atomic E-state index is 13.8. The van der Waals surface area contributed by atoms with Gasteiger partial charge in [-0.25, -0.2) is 4.79 Å². The molecule has 5 rings (SSSR count). The maximum Gasteiger partial charge on any atom is 0.364 e. The molecule has 0 aromatic rings. The highest BCUT2D eigenvalue weighted by Gasteiger charge is 2.62. The number of hydrogen-bond acceptors (Lipinski definition) is 30. The summed E-state index contributed by atoms with van der Waals surface area (Å²) in [6.07, 6.45) is -7.34. The zero-order chi connectivity index (χ0) is 83.0. The number of carboxylic acids is 1. The summed E-state index contributed by atoms with van der Waals surface area (Å²) >= 11 is 0. The molecule has 34 nitrogen and oxygen atoms in total. The number of carbonyl (C=O) groups excluding carboxylic acids is 3. The number of ether oxygens (including phenoxy) is 10.